The fourth-order valence-electron chi connectivity index (χ4n) is 1.51. The van der Waals surface area contributed by atoms with Crippen molar-refractivity contribution in [2.75, 3.05) is 19.0 Å². The van der Waals surface area contributed by atoms with E-state index in [0.717, 1.165) is 16.6 Å². The van der Waals surface area contributed by atoms with Crippen molar-refractivity contribution in [2.24, 2.45) is 0 Å². The molecule has 2 aromatic rings. The molecule has 1 aromatic carbocycles. The molecule has 0 spiro atoms. The minimum absolute atomic E-state index is 0.211. The molecule has 4 nitrogen and oxygen atoms in total. The van der Waals surface area contributed by atoms with Crippen LogP contribution in [0.3, 0.4) is 0 Å². The zero-order valence-electron chi connectivity index (χ0n) is 9.14. The van der Waals surface area contributed by atoms with Crippen LogP contribution in [0.1, 0.15) is 10.4 Å². The van der Waals surface area contributed by atoms with Crippen molar-refractivity contribution in [3.05, 3.63) is 36.0 Å². The Morgan fingerprint density at radius 2 is 2.06 bits per heavy atom. The van der Waals surface area contributed by atoms with Crippen molar-refractivity contribution < 1.29 is 9.90 Å². The van der Waals surface area contributed by atoms with Crippen LogP contribution >= 0.6 is 0 Å². The van der Waals surface area contributed by atoms with E-state index in [4.69, 9.17) is 5.11 Å². The third-order valence-corrected chi connectivity index (χ3v) is 2.43. The van der Waals surface area contributed by atoms with Gasteiger partial charge in [-0.05, 0) is 24.3 Å². The van der Waals surface area contributed by atoms with E-state index in [1.807, 2.05) is 37.2 Å². The molecule has 4 heteroatoms. The van der Waals surface area contributed by atoms with Crippen LogP contribution in [0, 0.1) is 0 Å². The second-order valence-electron chi connectivity index (χ2n) is 3.80. The van der Waals surface area contributed by atoms with Gasteiger partial charge in [-0.1, -0.05) is 0 Å². The second kappa shape index (κ2) is 3.81. The molecule has 1 N–H and O–H groups in total. The Hall–Kier alpha value is -2.10. The number of carboxylic acids is 1. The highest BCUT2D eigenvalue weighted by Gasteiger charge is 2.05. The number of anilines is 1. The van der Waals surface area contributed by atoms with Gasteiger partial charge in [-0.3, -0.25) is 4.98 Å². The monoisotopic (exact) mass is 216 g/mol. The first-order chi connectivity index (χ1) is 7.58. The topological polar surface area (TPSA) is 53.4 Å². The zero-order chi connectivity index (χ0) is 11.7. The maximum absolute atomic E-state index is 10.8. The van der Waals surface area contributed by atoms with Crippen LogP contribution in [0.4, 0.5) is 5.69 Å². The number of pyridine rings is 1. The lowest BCUT2D eigenvalue weighted by atomic mass is 10.1. The Morgan fingerprint density at radius 1 is 1.31 bits per heavy atom. The van der Waals surface area contributed by atoms with Crippen LogP contribution in [0.5, 0.6) is 0 Å². The second-order valence-corrected chi connectivity index (χ2v) is 3.80. The molecule has 1 aromatic heterocycles. The van der Waals surface area contributed by atoms with Crippen molar-refractivity contribution in [1.29, 1.82) is 0 Å². The summed E-state index contributed by atoms with van der Waals surface area (Å²) < 4.78 is 0. The van der Waals surface area contributed by atoms with Crippen molar-refractivity contribution in [2.45, 2.75) is 0 Å². The molecule has 0 saturated heterocycles. The molecule has 82 valence electrons. The summed E-state index contributed by atoms with van der Waals surface area (Å²) in [5.41, 5.74) is 2.04. The number of fused-ring (bicyclic) bond motifs is 1. The number of rotatable bonds is 2. The Balaban J connectivity index is 2.61. The van der Waals surface area contributed by atoms with E-state index in [9.17, 15) is 4.79 Å². The predicted octanol–water partition coefficient (Wildman–Crippen LogP) is 2.00. The molecule has 0 fully saturated rings. The van der Waals surface area contributed by atoms with Crippen LogP contribution < -0.4 is 4.90 Å². The smallest absolute Gasteiger partial charge is 0.337 e. The van der Waals surface area contributed by atoms with E-state index in [-0.39, 0.29) is 5.56 Å². The van der Waals surface area contributed by atoms with Crippen LogP contribution in [0.2, 0.25) is 0 Å². The van der Waals surface area contributed by atoms with Crippen molar-refractivity contribution in [3.8, 4) is 0 Å². The van der Waals surface area contributed by atoms with E-state index in [1.165, 1.54) is 6.20 Å². The lowest BCUT2D eigenvalue weighted by Gasteiger charge is -2.12. The molecular weight excluding hydrogens is 204 g/mol. The average molecular weight is 216 g/mol. The number of carbonyl (C=O) groups is 1. The molecule has 0 unspecified atom stereocenters. The highest BCUT2D eigenvalue weighted by molar-refractivity contribution is 5.93. The number of hydrogen-bond acceptors (Lipinski definition) is 3. The van der Waals surface area contributed by atoms with E-state index < -0.39 is 5.97 Å². The van der Waals surface area contributed by atoms with Crippen molar-refractivity contribution in [1.82, 2.24) is 4.98 Å². The summed E-state index contributed by atoms with van der Waals surface area (Å²) in [6.07, 6.45) is 1.38. The molecule has 2 rings (SSSR count). The quantitative estimate of drug-likeness (QED) is 0.834. The molecule has 0 aliphatic carbocycles. The third-order valence-electron chi connectivity index (χ3n) is 2.43. The average Bonchev–Trinajstić information content (AvgIpc) is 2.27. The number of carboxylic acid groups (broad SMARTS) is 1. The fraction of sp³-hybridized carbons (Fsp3) is 0.167. The number of aromatic nitrogens is 1. The highest BCUT2D eigenvalue weighted by Crippen LogP contribution is 2.20. The van der Waals surface area contributed by atoms with E-state index in [0.29, 0.717) is 0 Å². The Labute approximate surface area is 93.1 Å². The zero-order valence-corrected chi connectivity index (χ0v) is 9.14. The van der Waals surface area contributed by atoms with Gasteiger partial charge in [-0.25, -0.2) is 4.79 Å². The molecule has 0 atom stereocenters. The standard InChI is InChI=1S/C12H12N2O2/c1-14(2)10-3-4-11-8(6-10)5-9(7-13-11)12(15)16/h3-7H,1-2H3,(H,15,16). The van der Waals surface area contributed by atoms with Gasteiger partial charge in [0.2, 0.25) is 0 Å². The summed E-state index contributed by atoms with van der Waals surface area (Å²) in [7, 11) is 3.88. The van der Waals surface area contributed by atoms with E-state index >= 15 is 0 Å². The van der Waals surface area contributed by atoms with Crippen LogP contribution in [0.25, 0.3) is 10.9 Å². The molecule has 0 aliphatic rings. The van der Waals surface area contributed by atoms with Gasteiger partial charge in [0, 0.05) is 31.4 Å². The summed E-state index contributed by atoms with van der Waals surface area (Å²) >= 11 is 0. The maximum atomic E-state index is 10.8. The minimum atomic E-state index is -0.954. The molecule has 0 radical (unpaired) electrons. The number of aromatic carboxylic acids is 1. The third kappa shape index (κ3) is 1.82. The number of nitrogens with zero attached hydrogens (tertiary/aromatic N) is 2. The molecule has 0 aliphatic heterocycles. The van der Waals surface area contributed by atoms with Crippen LogP contribution in [0.15, 0.2) is 30.5 Å². The number of hydrogen-bond donors (Lipinski definition) is 1. The molecule has 0 saturated carbocycles. The van der Waals surface area contributed by atoms with E-state index in [2.05, 4.69) is 4.98 Å². The minimum Gasteiger partial charge on any atom is -0.478 e. The largest absolute Gasteiger partial charge is 0.478 e. The lowest BCUT2D eigenvalue weighted by Crippen LogP contribution is -2.08. The Kier molecular flexibility index (Phi) is 2.48. The fourth-order valence-corrected chi connectivity index (χ4v) is 1.51. The molecular formula is C12H12N2O2. The van der Waals surface area contributed by atoms with Crippen LogP contribution in [-0.4, -0.2) is 30.2 Å². The summed E-state index contributed by atoms with van der Waals surface area (Å²) in [6, 6.07) is 7.40. The van der Waals surface area contributed by atoms with Crippen molar-refractivity contribution in [3.63, 3.8) is 0 Å². The van der Waals surface area contributed by atoms with Gasteiger partial charge in [0.05, 0.1) is 11.1 Å². The Bertz CT molecular complexity index is 550. The first-order valence-electron chi connectivity index (χ1n) is 4.88. The van der Waals surface area contributed by atoms with Gasteiger partial charge in [0.1, 0.15) is 0 Å². The Morgan fingerprint density at radius 3 is 2.69 bits per heavy atom. The van der Waals surface area contributed by atoms with Crippen molar-refractivity contribution >= 4 is 22.6 Å². The molecule has 0 amide bonds. The summed E-state index contributed by atoms with van der Waals surface area (Å²) in [5, 5.41) is 9.71. The van der Waals surface area contributed by atoms with Gasteiger partial charge in [0.25, 0.3) is 0 Å². The van der Waals surface area contributed by atoms with E-state index in [1.54, 1.807) is 6.07 Å². The van der Waals surface area contributed by atoms with Gasteiger partial charge in [0.15, 0.2) is 0 Å². The van der Waals surface area contributed by atoms with Gasteiger partial charge >= 0.3 is 5.97 Å². The van der Waals surface area contributed by atoms with Crippen LogP contribution in [-0.2, 0) is 0 Å². The molecule has 16 heavy (non-hydrogen) atoms. The predicted molar refractivity (Wildman–Crippen MR) is 63.0 cm³/mol. The summed E-state index contributed by atoms with van der Waals surface area (Å²) in [6.45, 7) is 0. The first-order valence-corrected chi connectivity index (χ1v) is 4.88. The maximum Gasteiger partial charge on any atom is 0.337 e. The SMILES string of the molecule is CN(C)c1ccc2ncc(C(=O)O)cc2c1. The first kappa shape index (κ1) is 10.4. The molecule has 0 bridgehead atoms. The normalized spacial score (nSPS) is 10.4. The van der Waals surface area contributed by atoms with Gasteiger partial charge in [-0.15, -0.1) is 0 Å². The summed E-state index contributed by atoms with van der Waals surface area (Å²) in [4.78, 5) is 16.9. The summed E-state index contributed by atoms with van der Waals surface area (Å²) in [5.74, 6) is -0.954. The van der Waals surface area contributed by atoms with Gasteiger partial charge in [-0.2, -0.15) is 0 Å². The number of benzene rings is 1. The molecule has 1 heterocycles. The highest BCUT2D eigenvalue weighted by atomic mass is 16.4. The lowest BCUT2D eigenvalue weighted by molar-refractivity contribution is 0.0696. The van der Waals surface area contributed by atoms with Gasteiger partial charge < -0.3 is 10.0 Å².